The quantitative estimate of drug-likeness (QED) is 0.808. The van der Waals surface area contributed by atoms with E-state index in [-0.39, 0.29) is 12.5 Å². The average molecular weight is 228 g/mol. The zero-order valence-corrected chi connectivity index (χ0v) is 9.78. The second-order valence-electron chi connectivity index (χ2n) is 4.44. The number of rotatable bonds is 3. The molecule has 3 heteroatoms. The molecule has 1 fully saturated rings. The third kappa shape index (κ3) is 2.85. The van der Waals surface area contributed by atoms with E-state index in [9.17, 15) is 4.79 Å². The number of nitrogens with one attached hydrogen (secondary N) is 1. The van der Waals surface area contributed by atoms with Gasteiger partial charge in [0, 0.05) is 5.56 Å². The monoisotopic (exact) mass is 228 g/mol. The molecule has 0 heterocycles. The normalized spacial score (nSPS) is 15.5. The van der Waals surface area contributed by atoms with Crippen molar-refractivity contribution in [3.8, 4) is 6.07 Å². The van der Waals surface area contributed by atoms with Crippen molar-refractivity contribution in [2.45, 2.75) is 31.6 Å². The molecule has 17 heavy (non-hydrogen) atoms. The van der Waals surface area contributed by atoms with Crippen molar-refractivity contribution in [1.82, 2.24) is 5.32 Å². The number of carbonyl (C=O) groups is 1. The molecule has 0 bridgehead atoms. The Hall–Kier alpha value is -1.82. The van der Waals surface area contributed by atoms with Crippen molar-refractivity contribution in [2.75, 3.05) is 6.54 Å². The molecule has 3 nitrogen and oxygen atoms in total. The molecule has 0 unspecified atom stereocenters. The molecule has 1 aliphatic rings. The third-order valence-electron chi connectivity index (χ3n) is 3.33. The first-order chi connectivity index (χ1) is 8.31. The minimum atomic E-state index is -0.176. The highest BCUT2D eigenvalue weighted by atomic mass is 16.1. The summed E-state index contributed by atoms with van der Waals surface area (Å²) in [6.07, 6.45) is 5.16. The van der Waals surface area contributed by atoms with Gasteiger partial charge in [-0.1, -0.05) is 25.0 Å². The maximum absolute atomic E-state index is 11.6. The Labute approximate surface area is 101 Å². The molecule has 1 aliphatic carbocycles. The molecular formula is C14H16N2O. The second-order valence-corrected chi connectivity index (χ2v) is 4.44. The summed E-state index contributed by atoms with van der Waals surface area (Å²) in [6, 6.07) is 9.67. The number of benzene rings is 1. The van der Waals surface area contributed by atoms with E-state index < -0.39 is 0 Å². The van der Waals surface area contributed by atoms with Crippen molar-refractivity contribution in [3.05, 3.63) is 35.4 Å². The number of hydrogen-bond donors (Lipinski definition) is 1. The van der Waals surface area contributed by atoms with Gasteiger partial charge in [-0.2, -0.15) is 5.26 Å². The summed E-state index contributed by atoms with van der Waals surface area (Å²) in [6.45, 7) is 0.0587. The van der Waals surface area contributed by atoms with Crippen LogP contribution in [-0.2, 0) is 0 Å². The fourth-order valence-corrected chi connectivity index (χ4v) is 2.39. The van der Waals surface area contributed by atoms with Gasteiger partial charge in [-0.3, -0.25) is 4.79 Å². The Morgan fingerprint density at radius 2 is 1.94 bits per heavy atom. The zero-order valence-electron chi connectivity index (χ0n) is 9.78. The summed E-state index contributed by atoms with van der Waals surface area (Å²) >= 11 is 0. The van der Waals surface area contributed by atoms with Gasteiger partial charge in [0.25, 0.3) is 5.91 Å². The van der Waals surface area contributed by atoms with Gasteiger partial charge in [0.1, 0.15) is 6.54 Å². The highest BCUT2D eigenvalue weighted by Gasteiger charge is 2.17. The Balaban J connectivity index is 2.02. The number of hydrogen-bond acceptors (Lipinski definition) is 2. The predicted molar refractivity (Wildman–Crippen MR) is 65.6 cm³/mol. The van der Waals surface area contributed by atoms with E-state index in [2.05, 4.69) is 5.32 Å². The molecule has 0 radical (unpaired) electrons. The van der Waals surface area contributed by atoms with Gasteiger partial charge in [0.15, 0.2) is 0 Å². The van der Waals surface area contributed by atoms with E-state index in [1.165, 1.54) is 31.2 Å². The topological polar surface area (TPSA) is 52.9 Å². The van der Waals surface area contributed by atoms with Crippen LogP contribution < -0.4 is 5.32 Å². The lowest BCUT2D eigenvalue weighted by Gasteiger charge is -2.09. The highest BCUT2D eigenvalue weighted by Crippen LogP contribution is 2.33. The van der Waals surface area contributed by atoms with Crippen LogP contribution in [0.5, 0.6) is 0 Å². The summed E-state index contributed by atoms with van der Waals surface area (Å²) in [4.78, 5) is 11.6. The van der Waals surface area contributed by atoms with Crippen molar-refractivity contribution in [1.29, 1.82) is 5.26 Å². The summed E-state index contributed by atoms with van der Waals surface area (Å²) < 4.78 is 0. The van der Waals surface area contributed by atoms with Crippen molar-refractivity contribution >= 4 is 5.91 Å². The van der Waals surface area contributed by atoms with Crippen LogP contribution in [0.3, 0.4) is 0 Å². The maximum atomic E-state index is 11.6. The molecule has 1 aromatic carbocycles. The lowest BCUT2D eigenvalue weighted by molar-refractivity contribution is 0.0958. The molecule has 1 amide bonds. The van der Waals surface area contributed by atoms with E-state index >= 15 is 0 Å². The van der Waals surface area contributed by atoms with Crippen molar-refractivity contribution in [3.63, 3.8) is 0 Å². The number of carbonyl (C=O) groups excluding carboxylic acids is 1. The van der Waals surface area contributed by atoms with Crippen LogP contribution in [0.15, 0.2) is 24.3 Å². The Bertz CT molecular complexity index is 425. The largest absolute Gasteiger partial charge is 0.339 e. The fourth-order valence-electron chi connectivity index (χ4n) is 2.39. The molecule has 1 saturated carbocycles. The van der Waals surface area contributed by atoms with Gasteiger partial charge in [-0.05, 0) is 36.5 Å². The van der Waals surface area contributed by atoms with Gasteiger partial charge in [0.05, 0.1) is 6.07 Å². The highest BCUT2D eigenvalue weighted by molar-refractivity contribution is 5.94. The van der Waals surface area contributed by atoms with E-state index in [0.717, 1.165) is 0 Å². The van der Waals surface area contributed by atoms with Crippen molar-refractivity contribution < 1.29 is 4.79 Å². The summed E-state index contributed by atoms with van der Waals surface area (Å²) in [5.74, 6) is 0.496. The lowest BCUT2D eigenvalue weighted by atomic mass is 9.96. The van der Waals surface area contributed by atoms with E-state index in [1.54, 1.807) is 0 Å². The minimum Gasteiger partial charge on any atom is -0.339 e. The molecule has 0 aliphatic heterocycles. The van der Waals surface area contributed by atoms with Crippen LogP contribution in [-0.4, -0.2) is 12.5 Å². The number of amides is 1. The third-order valence-corrected chi connectivity index (χ3v) is 3.33. The molecule has 88 valence electrons. The smallest absolute Gasteiger partial charge is 0.252 e. The first-order valence-electron chi connectivity index (χ1n) is 6.06. The molecule has 2 rings (SSSR count). The van der Waals surface area contributed by atoms with Crippen molar-refractivity contribution in [2.24, 2.45) is 0 Å². The molecule has 1 aromatic rings. The average Bonchev–Trinajstić information content (AvgIpc) is 2.90. The van der Waals surface area contributed by atoms with Crippen LogP contribution in [0.1, 0.15) is 47.5 Å². The van der Waals surface area contributed by atoms with Crippen LogP contribution in [0.4, 0.5) is 0 Å². The molecule has 0 aromatic heterocycles. The summed E-state index contributed by atoms with van der Waals surface area (Å²) in [5, 5.41) is 10.9. The molecule has 0 atom stereocenters. The fraction of sp³-hybridized carbons (Fsp3) is 0.429. The number of nitriles is 1. The zero-order chi connectivity index (χ0) is 12.1. The van der Waals surface area contributed by atoms with E-state index in [1.807, 2.05) is 30.3 Å². The maximum Gasteiger partial charge on any atom is 0.252 e. The number of nitrogens with zero attached hydrogens (tertiary/aromatic N) is 1. The Morgan fingerprint density at radius 3 is 2.53 bits per heavy atom. The van der Waals surface area contributed by atoms with E-state index in [4.69, 9.17) is 5.26 Å². The van der Waals surface area contributed by atoms with Crippen LogP contribution >= 0.6 is 0 Å². The SMILES string of the molecule is N#CCNC(=O)c1ccc(C2CCCC2)cc1. The van der Waals surface area contributed by atoms with Gasteiger partial charge >= 0.3 is 0 Å². The van der Waals surface area contributed by atoms with Crippen LogP contribution in [0.25, 0.3) is 0 Å². The molecule has 0 spiro atoms. The van der Waals surface area contributed by atoms with Gasteiger partial charge in [-0.25, -0.2) is 0 Å². The molecular weight excluding hydrogens is 212 g/mol. The standard InChI is InChI=1S/C14H16N2O/c15-9-10-16-14(17)13-7-5-12(6-8-13)11-3-1-2-4-11/h5-8,11H,1-4,10H2,(H,16,17). The lowest BCUT2D eigenvalue weighted by Crippen LogP contribution is -2.23. The first kappa shape index (κ1) is 11.7. The Kier molecular flexibility index (Phi) is 3.77. The first-order valence-corrected chi connectivity index (χ1v) is 6.06. The van der Waals surface area contributed by atoms with Crippen LogP contribution in [0, 0.1) is 11.3 Å². The second kappa shape index (κ2) is 5.49. The van der Waals surface area contributed by atoms with Gasteiger partial charge in [-0.15, -0.1) is 0 Å². The minimum absolute atomic E-state index is 0.0587. The van der Waals surface area contributed by atoms with Gasteiger partial charge < -0.3 is 5.32 Å². The van der Waals surface area contributed by atoms with Crippen LogP contribution in [0.2, 0.25) is 0 Å². The van der Waals surface area contributed by atoms with E-state index in [0.29, 0.717) is 11.5 Å². The Morgan fingerprint density at radius 1 is 1.29 bits per heavy atom. The predicted octanol–water partition coefficient (Wildman–Crippen LogP) is 2.60. The summed E-state index contributed by atoms with van der Waals surface area (Å²) in [5.41, 5.74) is 1.96. The summed E-state index contributed by atoms with van der Waals surface area (Å²) in [7, 11) is 0. The molecule has 1 N–H and O–H groups in total. The van der Waals surface area contributed by atoms with Gasteiger partial charge in [0.2, 0.25) is 0 Å². The molecule has 0 saturated heterocycles.